The maximum atomic E-state index is 13.7. The van der Waals surface area contributed by atoms with Crippen LogP contribution in [0.1, 0.15) is 34.8 Å². The number of nitrogens with zero attached hydrogens (tertiary/aromatic N) is 2. The van der Waals surface area contributed by atoms with Crippen LogP contribution < -0.4 is 15.4 Å². The first-order chi connectivity index (χ1) is 15.4. The number of alkyl halides is 6. The number of furan rings is 1. The minimum atomic E-state index is -4.89. The zero-order valence-corrected chi connectivity index (χ0v) is 16.9. The fourth-order valence-corrected chi connectivity index (χ4v) is 3.61. The monoisotopic (exact) mass is 494 g/mol. The number of rotatable bonds is 4. The molecule has 1 amide bonds. The van der Waals surface area contributed by atoms with Gasteiger partial charge in [0, 0.05) is 12.1 Å². The Bertz CT molecular complexity index is 1140. The van der Waals surface area contributed by atoms with Crippen LogP contribution in [-0.4, -0.2) is 28.2 Å². The van der Waals surface area contributed by atoms with E-state index in [0.29, 0.717) is 4.68 Å². The number of ether oxygens (including phenoxy) is 1. The first kappa shape index (κ1) is 22.8. The van der Waals surface area contributed by atoms with Gasteiger partial charge in [-0.2, -0.15) is 18.3 Å². The summed E-state index contributed by atoms with van der Waals surface area (Å²) >= 11 is 6.19. The fraction of sp³-hybridized carbons (Fsp3) is 0.263. The number of benzene rings is 1. The van der Waals surface area contributed by atoms with Crippen molar-refractivity contribution in [3.05, 3.63) is 59.1 Å². The Labute approximate surface area is 186 Å². The predicted octanol–water partition coefficient (Wildman–Crippen LogP) is 5.94. The van der Waals surface area contributed by atoms with Crippen LogP contribution in [0.5, 0.6) is 5.75 Å². The van der Waals surface area contributed by atoms with Crippen molar-refractivity contribution in [1.82, 2.24) is 9.78 Å². The second kappa shape index (κ2) is 8.21. The van der Waals surface area contributed by atoms with Crippen molar-refractivity contribution in [3.8, 4) is 5.75 Å². The molecule has 33 heavy (non-hydrogen) atoms. The van der Waals surface area contributed by atoms with E-state index in [9.17, 15) is 31.1 Å². The summed E-state index contributed by atoms with van der Waals surface area (Å²) in [6.07, 6.45) is -8.72. The van der Waals surface area contributed by atoms with Crippen molar-refractivity contribution in [2.24, 2.45) is 0 Å². The Morgan fingerprint density at radius 1 is 1.18 bits per heavy atom. The standard InChI is InChI=1S/C19H13ClF6N4O3/c20-14-15(17(31)27-9-3-5-10(6-4-9)33-19(24,25)26)29-30-13(18(21,22)23)8-11(28-16(14)30)12-2-1-7-32-12/h1-7,11,13,28H,8H2,(H,27,31)/t11-,13-/m1/s1. The van der Waals surface area contributed by atoms with Gasteiger partial charge in [-0.15, -0.1) is 13.2 Å². The molecule has 3 aromatic rings. The van der Waals surface area contributed by atoms with Gasteiger partial charge in [0.15, 0.2) is 11.7 Å². The van der Waals surface area contributed by atoms with Crippen molar-refractivity contribution >= 4 is 29.0 Å². The van der Waals surface area contributed by atoms with Gasteiger partial charge in [0.2, 0.25) is 0 Å². The molecule has 0 aliphatic carbocycles. The Balaban J connectivity index is 1.59. The highest BCUT2D eigenvalue weighted by atomic mass is 35.5. The van der Waals surface area contributed by atoms with Gasteiger partial charge in [-0.25, -0.2) is 4.68 Å². The summed E-state index contributed by atoms with van der Waals surface area (Å²) in [4.78, 5) is 12.6. The molecule has 1 aliphatic heterocycles. The molecule has 0 fully saturated rings. The number of fused-ring (bicyclic) bond motifs is 1. The van der Waals surface area contributed by atoms with E-state index in [1.54, 1.807) is 0 Å². The largest absolute Gasteiger partial charge is 0.573 e. The second-order valence-electron chi connectivity index (χ2n) is 6.99. The summed E-state index contributed by atoms with van der Waals surface area (Å²) in [5.74, 6) is -1.44. The van der Waals surface area contributed by atoms with Gasteiger partial charge >= 0.3 is 12.5 Å². The third kappa shape index (κ3) is 4.87. The number of carbonyl (C=O) groups is 1. The van der Waals surface area contributed by atoms with Crippen molar-refractivity contribution < 1.29 is 40.3 Å². The third-order valence-corrected chi connectivity index (χ3v) is 5.10. The van der Waals surface area contributed by atoms with Crippen LogP contribution in [-0.2, 0) is 0 Å². The zero-order chi connectivity index (χ0) is 24.0. The lowest BCUT2D eigenvalue weighted by Crippen LogP contribution is -2.35. The Morgan fingerprint density at radius 2 is 1.88 bits per heavy atom. The van der Waals surface area contributed by atoms with Crippen LogP contribution in [0.25, 0.3) is 0 Å². The van der Waals surface area contributed by atoms with Crippen LogP contribution in [0.2, 0.25) is 5.02 Å². The number of hydrogen-bond acceptors (Lipinski definition) is 5. The Hall–Kier alpha value is -3.35. The zero-order valence-electron chi connectivity index (χ0n) is 16.2. The van der Waals surface area contributed by atoms with Crippen molar-refractivity contribution in [2.75, 3.05) is 10.6 Å². The van der Waals surface area contributed by atoms with Gasteiger partial charge in [-0.05, 0) is 36.4 Å². The minimum absolute atomic E-state index is 0.0466. The molecule has 0 saturated heterocycles. The lowest BCUT2D eigenvalue weighted by molar-refractivity contribution is -0.274. The summed E-state index contributed by atoms with van der Waals surface area (Å²) in [6, 6.07) is 4.23. The van der Waals surface area contributed by atoms with E-state index in [1.165, 1.54) is 18.4 Å². The maximum Gasteiger partial charge on any atom is 0.573 e. The van der Waals surface area contributed by atoms with Gasteiger partial charge in [0.05, 0.1) is 12.3 Å². The molecule has 0 radical (unpaired) electrons. The number of amides is 1. The normalized spacial score (nSPS) is 18.4. The van der Waals surface area contributed by atoms with Gasteiger partial charge < -0.3 is 19.8 Å². The molecule has 0 saturated carbocycles. The third-order valence-electron chi connectivity index (χ3n) is 4.74. The summed E-state index contributed by atoms with van der Waals surface area (Å²) < 4.78 is 87.5. The SMILES string of the molecule is O=C(Nc1ccc(OC(F)(F)F)cc1)c1nn2c(c1Cl)N[C@@H](c1ccco1)C[C@@H]2C(F)(F)F. The molecular weight excluding hydrogens is 482 g/mol. The summed E-state index contributed by atoms with van der Waals surface area (Å²) in [7, 11) is 0. The molecule has 1 aliphatic rings. The van der Waals surface area contributed by atoms with Gasteiger partial charge in [0.25, 0.3) is 5.91 Å². The number of halogens is 7. The highest BCUT2D eigenvalue weighted by Crippen LogP contribution is 2.46. The highest BCUT2D eigenvalue weighted by Gasteiger charge is 2.48. The van der Waals surface area contributed by atoms with E-state index in [0.717, 1.165) is 24.3 Å². The van der Waals surface area contributed by atoms with Gasteiger partial charge in [-0.1, -0.05) is 11.6 Å². The molecular formula is C19H13ClF6N4O3. The molecule has 2 atom stereocenters. The topological polar surface area (TPSA) is 81.3 Å². The molecule has 14 heteroatoms. The summed E-state index contributed by atoms with van der Waals surface area (Å²) in [5.41, 5.74) is -0.450. The van der Waals surface area contributed by atoms with Crippen molar-refractivity contribution in [2.45, 2.75) is 31.0 Å². The first-order valence-corrected chi connectivity index (χ1v) is 9.62. The van der Waals surface area contributed by atoms with E-state index in [2.05, 4.69) is 20.5 Å². The highest BCUT2D eigenvalue weighted by molar-refractivity contribution is 6.36. The number of anilines is 2. The molecule has 0 spiro atoms. The quantitative estimate of drug-likeness (QED) is 0.439. The van der Waals surface area contributed by atoms with Crippen molar-refractivity contribution in [1.29, 1.82) is 0 Å². The first-order valence-electron chi connectivity index (χ1n) is 9.24. The molecule has 0 unspecified atom stereocenters. The number of nitrogens with one attached hydrogen (secondary N) is 2. The molecule has 1 aromatic carbocycles. The summed E-state index contributed by atoms with van der Waals surface area (Å²) in [5, 5.41) is 8.55. The lowest BCUT2D eigenvalue weighted by atomic mass is 10.0. The summed E-state index contributed by atoms with van der Waals surface area (Å²) in [6.45, 7) is 0. The molecule has 0 bridgehead atoms. The maximum absolute atomic E-state index is 13.7. The average Bonchev–Trinajstić information content (AvgIpc) is 3.36. The molecule has 7 nitrogen and oxygen atoms in total. The van der Waals surface area contributed by atoms with E-state index < -0.39 is 48.4 Å². The Kier molecular flexibility index (Phi) is 5.68. The van der Waals surface area contributed by atoms with E-state index in [-0.39, 0.29) is 22.3 Å². The Morgan fingerprint density at radius 3 is 2.45 bits per heavy atom. The smallest absolute Gasteiger partial charge is 0.467 e. The minimum Gasteiger partial charge on any atom is -0.467 e. The molecule has 4 rings (SSSR count). The van der Waals surface area contributed by atoms with Crippen molar-refractivity contribution in [3.63, 3.8) is 0 Å². The van der Waals surface area contributed by atoms with Crippen LogP contribution in [0.3, 0.4) is 0 Å². The molecule has 3 heterocycles. The van der Waals surface area contributed by atoms with Crippen LogP contribution in [0.4, 0.5) is 37.8 Å². The van der Waals surface area contributed by atoms with Gasteiger partial charge in [-0.3, -0.25) is 4.79 Å². The van der Waals surface area contributed by atoms with Crippen LogP contribution in [0.15, 0.2) is 47.1 Å². The average molecular weight is 495 g/mol. The predicted molar refractivity (Wildman–Crippen MR) is 103 cm³/mol. The van der Waals surface area contributed by atoms with E-state index >= 15 is 0 Å². The number of carbonyl (C=O) groups excluding carboxylic acids is 1. The molecule has 176 valence electrons. The lowest BCUT2D eigenvalue weighted by Gasteiger charge is -2.32. The van der Waals surface area contributed by atoms with E-state index in [4.69, 9.17) is 16.0 Å². The number of aromatic nitrogens is 2. The molecule has 2 aromatic heterocycles. The van der Waals surface area contributed by atoms with Gasteiger partial charge in [0.1, 0.15) is 22.4 Å². The fourth-order valence-electron chi connectivity index (χ4n) is 3.34. The second-order valence-corrected chi connectivity index (χ2v) is 7.37. The molecule has 2 N–H and O–H groups in total. The van der Waals surface area contributed by atoms with Crippen LogP contribution in [0, 0.1) is 0 Å². The number of hydrogen-bond donors (Lipinski definition) is 2. The van der Waals surface area contributed by atoms with E-state index in [1.807, 2.05) is 0 Å². The van der Waals surface area contributed by atoms with Crippen LogP contribution >= 0.6 is 11.6 Å².